The summed E-state index contributed by atoms with van der Waals surface area (Å²) in [6.07, 6.45) is 0.980. The Morgan fingerprint density at radius 2 is 1.81 bits per heavy atom. The van der Waals surface area contributed by atoms with Crippen LogP contribution in [0, 0.1) is 0 Å². The number of carbonyl (C=O) groups is 2. The molecule has 0 aromatic heterocycles. The number of halogens is 1. The van der Waals surface area contributed by atoms with E-state index in [9.17, 15) is 18.0 Å². The van der Waals surface area contributed by atoms with Crippen molar-refractivity contribution in [2.45, 2.75) is 24.3 Å². The summed E-state index contributed by atoms with van der Waals surface area (Å²) in [6.45, 7) is 2.75. The first-order valence-corrected chi connectivity index (χ1v) is 8.17. The minimum atomic E-state index is -3.59. The Morgan fingerprint density at radius 1 is 1.29 bits per heavy atom. The third-order valence-electron chi connectivity index (χ3n) is 3.24. The molecule has 0 spiro atoms. The van der Waals surface area contributed by atoms with Crippen molar-refractivity contribution in [2.24, 2.45) is 0 Å². The highest BCUT2D eigenvalue weighted by Gasteiger charge is 2.35. The van der Waals surface area contributed by atoms with Crippen LogP contribution in [0.1, 0.15) is 24.2 Å². The van der Waals surface area contributed by atoms with E-state index in [-0.39, 0.29) is 15.5 Å². The monoisotopic (exact) mass is 333 g/mol. The molecular weight excluding hydrogens is 318 g/mol. The van der Waals surface area contributed by atoms with Gasteiger partial charge in [0.05, 0.1) is 9.92 Å². The summed E-state index contributed by atoms with van der Waals surface area (Å²) in [7, 11) is -2.25. The van der Waals surface area contributed by atoms with Gasteiger partial charge in [0, 0.05) is 18.9 Å². The summed E-state index contributed by atoms with van der Waals surface area (Å²) in [5.74, 6) is -1.78. The number of nitrogens with zero attached hydrogens (tertiary/aromatic N) is 1. The summed E-state index contributed by atoms with van der Waals surface area (Å²) >= 11 is 5.81. The number of hydrogen-bond acceptors (Lipinski definition) is 4. The lowest BCUT2D eigenvalue weighted by Gasteiger charge is -2.31. The van der Waals surface area contributed by atoms with Crippen LogP contribution in [0.4, 0.5) is 0 Å². The fourth-order valence-corrected chi connectivity index (χ4v) is 2.81. The van der Waals surface area contributed by atoms with Gasteiger partial charge in [0.2, 0.25) is 0 Å². The Balaban J connectivity index is 3.30. The SMILES string of the molecule is CN(C(=O)c1ccc(Cl)c(S(C)(=O)=O)c1)C(C)(C)C(=O)O. The lowest BCUT2D eigenvalue weighted by molar-refractivity contribution is -0.147. The molecule has 116 valence electrons. The molecule has 0 fully saturated rings. The van der Waals surface area contributed by atoms with Crippen LogP contribution in [0.2, 0.25) is 5.02 Å². The van der Waals surface area contributed by atoms with Crippen LogP contribution in [0.5, 0.6) is 0 Å². The van der Waals surface area contributed by atoms with Crippen LogP contribution in [0.25, 0.3) is 0 Å². The first kappa shape index (κ1) is 17.5. The largest absolute Gasteiger partial charge is 0.480 e. The molecule has 0 saturated heterocycles. The van der Waals surface area contributed by atoms with E-state index in [1.165, 1.54) is 33.0 Å². The topological polar surface area (TPSA) is 91.8 Å². The van der Waals surface area contributed by atoms with Crippen LogP contribution in [-0.4, -0.2) is 49.1 Å². The van der Waals surface area contributed by atoms with Gasteiger partial charge in [-0.05, 0) is 32.0 Å². The van der Waals surface area contributed by atoms with Crippen molar-refractivity contribution in [2.75, 3.05) is 13.3 Å². The number of carboxylic acid groups (broad SMARTS) is 1. The summed E-state index contributed by atoms with van der Waals surface area (Å²) in [6, 6.07) is 3.80. The predicted octanol–water partition coefficient (Wildman–Crippen LogP) is 1.68. The van der Waals surface area contributed by atoms with E-state index in [2.05, 4.69) is 0 Å². The Morgan fingerprint density at radius 3 is 2.24 bits per heavy atom. The van der Waals surface area contributed by atoms with Gasteiger partial charge in [-0.3, -0.25) is 4.79 Å². The Labute approximate surface area is 128 Å². The van der Waals surface area contributed by atoms with Gasteiger partial charge in [0.1, 0.15) is 5.54 Å². The molecule has 0 saturated carbocycles. The molecule has 6 nitrogen and oxygen atoms in total. The molecule has 21 heavy (non-hydrogen) atoms. The minimum Gasteiger partial charge on any atom is -0.480 e. The molecule has 0 atom stereocenters. The van der Waals surface area contributed by atoms with Crippen LogP contribution in [0.15, 0.2) is 23.1 Å². The molecule has 1 aromatic carbocycles. The standard InChI is InChI=1S/C13H16ClNO5S/c1-13(2,12(17)18)15(3)11(16)8-5-6-9(14)10(7-8)21(4,19)20/h5-7H,1-4H3,(H,17,18). The maximum absolute atomic E-state index is 12.3. The van der Waals surface area contributed by atoms with E-state index >= 15 is 0 Å². The zero-order valence-electron chi connectivity index (χ0n) is 12.0. The lowest BCUT2D eigenvalue weighted by Crippen LogP contribution is -2.50. The third-order valence-corrected chi connectivity index (χ3v) is 4.82. The maximum Gasteiger partial charge on any atom is 0.329 e. The second-order valence-electron chi connectivity index (χ2n) is 5.15. The van der Waals surface area contributed by atoms with Crippen molar-refractivity contribution in [1.82, 2.24) is 4.90 Å². The molecule has 0 radical (unpaired) electrons. The average Bonchev–Trinajstić information content (AvgIpc) is 2.35. The minimum absolute atomic E-state index is 0.00852. The number of sulfone groups is 1. The molecule has 0 aliphatic carbocycles. The number of amides is 1. The molecule has 1 aromatic rings. The quantitative estimate of drug-likeness (QED) is 0.905. The maximum atomic E-state index is 12.3. The van der Waals surface area contributed by atoms with Gasteiger partial charge >= 0.3 is 5.97 Å². The van der Waals surface area contributed by atoms with Crippen molar-refractivity contribution in [1.29, 1.82) is 0 Å². The molecule has 0 unspecified atom stereocenters. The molecule has 1 N–H and O–H groups in total. The third kappa shape index (κ3) is 3.54. The predicted molar refractivity (Wildman–Crippen MR) is 78.4 cm³/mol. The molecule has 1 rings (SSSR count). The molecule has 0 aliphatic heterocycles. The lowest BCUT2D eigenvalue weighted by atomic mass is 10.0. The second kappa shape index (κ2) is 5.65. The molecular formula is C13H16ClNO5S. The highest BCUT2D eigenvalue weighted by atomic mass is 35.5. The van der Waals surface area contributed by atoms with Gasteiger partial charge < -0.3 is 10.0 Å². The molecule has 8 heteroatoms. The number of carboxylic acids is 1. The number of hydrogen-bond donors (Lipinski definition) is 1. The highest BCUT2D eigenvalue weighted by molar-refractivity contribution is 7.90. The van der Waals surface area contributed by atoms with Gasteiger partial charge in [-0.25, -0.2) is 13.2 Å². The Bertz CT molecular complexity index is 697. The van der Waals surface area contributed by atoms with Crippen molar-refractivity contribution in [3.8, 4) is 0 Å². The van der Waals surface area contributed by atoms with Crippen molar-refractivity contribution in [3.63, 3.8) is 0 Å². The van der Waals surface area contributed by atoms with Gasteiger partial charge in [-0.15, -0.1) is 0 Å². The second-order valence-corrected chi connectivity index (χ2v) is 7.54. The summed E-state index contributed by atoms with van der Waals surface area (Å²) < 4.78 is 23.2. The molecule has 0 aliphatic rings. The van der Waals surface area contributed by atoms with Crippen LogP contribution in [0.3, 0.4) is 0 Å². The van der Waals surface area contributed by atoms with E-state index < -0.39 is 27.3 Å². The normalized spacial score (nSPS) is 12.0. The van der Waals surface area contributed by atoms with Crippen molar-refractivity contribution >= 4 is 33.3 Å². The molecule has 0 bridgehead atoms. The summed E-state index contributed by atoms with van der Waals surface area (Å²) in [5, 5.41) is 9.13. The number of rotatable bonds is 4. The van der Waals surface area contributed by atoms with E-state index in [0.29, 0.717) is 0 Å². The smallest absolute Gasteiger partial charge is 0.329 e. The Hall–Kier alpha value is -1.60. The number of carbonyl (C=O) groups excluding carboxylic acids is 1. The average molecular weight is 334 g/mol. The van der Waals surface area contributed by atoms with E-state index in [1.807, 2.05) is 0 Å². The first-order chi connectivity index (χ1) is 9.39. The van der Waals surface area contributed by atoms with Gasteiger partial charge in [0.25, 0.3) is 5.91 Å². The van der Waals surface area contributed by atoms with Gasteiger partial charge in [-0.2, -0.15) is 0 Å². The van der Waals surface area contributed by atoms with Crippen molar-refractivity contribution in [3.05, 3.63) is 28.8 Å². The van der Waals surface area contributed by atoms with Crippen LogP contribution >= 0.6 is 11.6 Å². The first-order valence-electron chi connectivity index (χ1n) is 5.90. The highest BCUT2D eigenvalue weighted by Crippen LogP contribution is 2.24. The summed E-state index contributed by atoms with van der Waals surface area (Å²) in [4.78, 5) is 24.3. The zero-order valence-corrected chi connectivity index (χ0v) is 13.6. The fourth-order valence-electron chi connectivity index (χ4n) is 1.51. The van der Waals surface area contributed by atoms with Crippen molar-refractivity contribution < 1.29 is 23.1 Å². The van der Waals surface area contributed by atoms with Gasteiger partial charge in [-0.1, -0.05) is 11.6 Å². The van der Waals surface area contributed by atoms with E-state index in [4.69, 9.17) is 16.7 Å². The number of aliphatic carboxylic acids is 1. The zero-order chi connectivity index (χ0) is 16.6. The van der Waals surface area contributed by atoms with Crippen LogP contribution < -0.4 is 0 Å². The van der Waals surface area contributed by atoms with Gasteiger partial charge in [0.15, 0.2) is 9.84 Å². The molecule has 1 amide bonds. The summed E-state index contributed by atoms with van der Waals surface area (Å²) in [5.41, 5.74) is -1.38. The number of likely N-dealkylation sites (N-methyl/N-ethyl adjacent to an activating group) is 1. The van der Waals surface area contributed by atoms with E-state index in [0.717, 1.165) is 17.2 Å². The number of benzene rings is 1. The molecule has 0 heterocycles. The van der Waals surface area contributed by atoms with Crippen LogP contribution in [-0.2, 0) is 14.6 Å². The van der Waals surface area contributed by atoms with E-state index in [1.54, 1.807) is 0 Å². The Kier molecular flexibility index (Phi) is 4.70. The fraction of sp³-hybridized carbons (Fsp3) is 0.385.